The van der Waals surface area contributed by atoms with Crippen LogP contribution in [0.3, 0.4) is 0 Å². The SMILES string of the molecule is Cc1ccc(-c2ccc(C[C@@H]3CNCCO3)cc2Cl)cc1F. The first-order chi connectivity index (χ1) is 10.6. The second-order valence-corrected chi connectivity index (χ2v) is 6.09. The van der Waals surface area contributed by atoms with Gasteiger partial charge in [0.15, 0.2) is 0 Å². The summed E-state index contributed by atoms with van der Waals surface area (Å²) in [6.07, 6.45) is 1.02. The Morgan fingerprint density at radius 1 is 1.27 bits per heavy atom. The zero-order chi connectivity index (χ0) is 15.5. The summed E-state index contributed by atoms with van der Waals surface area (Å²) < 4.78 is 19.4. The normalized spacial score (nSPS) is 18.4. The Hall–Kier alpha value is -1.42. The number of nitrogens with one attached hydrogen (secondary N) is 1. The molecule has 2 aromatic carbocycles. The highest BCUT2D eigenvalue weighted by molar-refractivity contribution is 6.33. The van der Waals surface area contributed by atoms with Crippen LogP contribution in [0, 0.1) is 12.7 Å². The maximum Gasteiger partial charge on any atom is 0.126 e. The summed E-state index contributed by atoms with van der Waals surface area (Å²) in [7, 11) is 0. The average molecular weight is 320 g/mol. The van der Waals surface area contributed by atoms with Gasteiger partial charge in [-0.15, -0.1) is 0 Å². The first-order valence-corrected chi connectivity index (χ1v) is 7.88. The minimum absolute atomic E-state index is 0.187. The molecule has 0 bridgehead atoms. The molecule has 0 spiro atoms. The van der Waals surface area contributed by atoms with E-state index in [9.17, 15) is 4.39 Å². The summed E-state index contributed by atoms with van der Waals surface area (Å²) in [4.78, 5) is 0. The van der Waals surface area contributed by atoms with E-state index >= 15 is 0 Å². The van der Waals surface area contributed by atoms with E-state index in [0.717, 1.165) is 42.8 Å². The van der Waals surface area contributed by atoms with E-state index in [1.165, 1.54) is 6.07 Å². The van der Waals surface area contributed by atoms with Gasteiger partial charge in [0.1, 0.15) is 5.82 Å². The van der Waals surface area contributed by atoms with Gasteiger partial charge in [-0.25, -0.2) is 4.39 Å². The second-order valence-electron chi connectivity index (χ2n) is 5.68. The zero-order valence-corrected chi connectivity index (χ0v) is 13.3. The van der Waals surface area contributed by atoms with Crippen molar-refractivity contribution in [2.45, 2.75) is 19.4 Å². The molecule has 22 heavy (non-hydrogen) atoms. The van der Waals surface area contributed by atoms with Crippen molar-refractivity contribution >= 4 is 11.6 Å². The maximum atomic E-state index is 13.7. The Morgan fingerprint density at radius 2 is 2.14 bits per heavy atom. The fourth-order valence-corrected chi connectivity index (χ4v) is 3.01. The number of benzene rings is 2. The molecule has 0 aliphatic carbocycles. The summed E-state index contributed by atoms with van der Waals surface area (Å²) >= 11 is 6.39. The third kappa shape index (κ3) is 3.49. The molecule has 2 nitrogen and oxygen atoms in total. The molecule has 1 heterocycles. The fourth-order valence-electron chi connectivity index (χ4n) is 2.69. The van der Waals surface area contributed by atoms with Crippen molar-refractivity contribution in [1.82, 2.24) is 5.32 Å². The molecular weight excluding hydrogens is 301 g/mol. The highest BCUT2D eigenvalue weighted by Gasteiger charge is 2.15. The number of hydrogen-bond donors (Lipinski definition) is 1. The smallest absolute Gasteiger partial charge is 0.126 e. The number of halogens is 2. The van der Waals surface area contributed by atoms with Crippen LogP contribution in [0.2, 0.25) is 5.02 Å². The summed E-state index contributed by atoms with van der Waals surface area (Å²) in [5, 5.41) is 3.96. The molecule has 4 heteroatoms. The lowest BCUT2D eigenvalue weighted by molar-refractivity contribution is 0.0292. The Balaban J connectivity index is 1.80. The molecule has 0 amide bonds. The van der Waals surface area contributed by atoms with Crippen LogP contribution in [0.5, 0.6) is 0 Å². The third-order valence-electron chi connectivity index (χ3n) is 3.98. The minimum atomic E-state index is -0.209. The summed E-state index contributed by atoms with van der Waals surface area (Å²) in [5.41, 5.74) is 3.43. The standard InChI is InChI=1S/C18H19ClFNO/c1-12-2-4-14(10-18(12)20)16-5-3-13(9-17(16)19)8-15-11-21-6-7-22-15/h2-5,9-10,15,21H,6-8,11H2,1H3/t15-/m1/s1. The molecule has 3 rings (SSSR count). The summed E-state index contributed by atoms with van der Waals surface area (Å²) in [5.74, 6) is -0.209. The van der Waals surface area contributed by atoms with E-state index in [2.05, 4.69) is 5.32 Å². The zero-order valence-electron chi connectivity index (χ0n) is 12.5. The van der Waals surface area contributed by atoms with E-state index in [0.29, 0.717) is 10.6 Å². The lowest BCUT2D eigenvalue weighted by atomic mass is 10.00. The summed E-state index contributed by atoms with van der Waals surface area (Å²) in [6, 6.07) is 11.1. The molecule has 0 saturated carbocycles. The van der Waals surface area contributed by atoms with Crippen LogP contribution in [0.4, 0.5) is 4.39 Å². The molecule has 1 aliphatic rings. The van der Waals surface area contributed by atoms with Crippen molar-refractivity contribution in [3.63, 3.8) is 0 Å². The van der Waals surface area contributed by atoms with E-state index in [4.69, 9.17) is 16.3 Å². The Kier molecular flexibility index (Phi) is 4.77. The first kappa shape index (κ1) is 15.5. The quantitative estimate of drug-likeness (QED) is 0.923. The number of hydrogen-bond acceptors (Lipinski definition) is 2. The van der Waals surface area contributed by atoms with Crippen molar-refractivity contribution in [3.8, 4) is 11.1 Å². The summed E-state index contributed by atoms with van der Waals surface area (Å²) in [6.45, 7) is 4.28. The maximum absolute atomic E-state index is 13.7. The number of rotatable bonds is 3. The van der Waals surface area contributed by atoms with Crippen LogP contribution in [0.15, 0.2) is 36.4 Å². The fraction of sp³-hybridized carbons (Fsp3) is 0.333. The van der Waals surface area contributed by atoms with Crippen LogP contribution >= 0.6 is 11.6 Å². The molecule has 1 fully saturated rings. The van der Waals surface area contributed by atoms with Crippen LogP contribution < -0.4 is 5.32 Å². The van der Waals surface area contributed by atoms with Crippen LogP contribution in [0.25, 0.3) is 11.1 Å². The largest absolute Gasteiger partial charge is 0.375 e. The number of morpholine rings is 1. The molecule has 1 N–H and O–H groups in total. The molecule has 0 radical (unpaired) electrons. The van der Waals surface area contributed by atoms with E-state index in [1.807, 2.05) is 24.3 Å². The Bertz CT molecular complexity index is 668. The first-order valence-electron chi connectivity index (χ1n) is 7.51. The van der Waals surface area contributed by atoms with Gasteiger partial charge in [0.2, 0.25) is 0 Å². The van der Waals surface area contributed by atoms with Crippen LogP contribution in [-0.2, 0) is 11.2 Å². The molecule has 116 valence electrons. The lowest BCUT2D eigenvalue weighted by Crippen LogP contribution is -2.39. The van der Waals surface area contributed by atoms with E-state index in [1.54, 1.807) is 13.0 Å². The lowest BCUT2D eigenvalue weighted by Gasteiger charge is -2.23. The van der Waals surface area contributed by atoms with Gasteiger partial charge in [-0.05, 0) is 42.2 Å². The predicted octanol–water partition coefficient (Wildman–Crippen LogP) is 3.99. The van der Waals surface area contributed by atoms with Crippen LogP contribution in [0.1, 0.15) is 11.1 Å². The molecule has 2 aromatic rings. The monoisotopic (exact) mass is 319 g/mol. The topological polar surface area (TPSA) is 21.3 Å². The van der Waals surface area contributed by atoms with Gasteiger partial charge in [0, 0.05) is 23.7 Å². The number of ether oxygens (including phenoxy) is 1. The van der Waals surface area contributed by atoms with Gasteiger partial charge >= 0.3 is 0 Å². The van der Waals surface area contributed by atoms with Crippen molar-refractivity contribution in [2.75, 3.05) is 19.7 Å². The molecule has 1 saturated heterocycles. The second kappa shape index (κ2) is 6.78. The van der Waals surface area contributed by atoms with Crippen LogP contribution in [-0.4, -0.2) is 25.8 Å². The van der Waals surface area contributed by atoms with Crippen molar-refractivity contribution < 1.29 is 9.13 Å². The molecule has 0 aromatic heterocycles. The van der Waals surface area contributed by atoms with Gasteiger partial charge in [-0.1, -0.05) is 35.9 Å². The third-order valence-corrected chi connectivity index (χ3v) is 4.30. The van der Waals surface area contributed by atoms with Gasteiger partial charge in [0.25, 0.3) is 0 Å². The van der Waals surface area contributed by atoms with Gasteiger partial charge in [-0.3, -0.25) is 0 Å². The van der Waals surface area contributed by atoms with E-state index in [-0.39, 0.29) is 11.9 Å². The molecular formula is C18H19ClFNO. The Labute approximate surface area is 135 Å². The highest BCUT2D eigenvalue weighted by Crippen LogP contribution is 2.30. The Morgan fingerprint density at radius 3 is 2.82 bits per heavy atom. The molecule has 0 unspecified atom stereocenters. The average Bonchev–Trinajstić information content (AvgIpc) is 2.51. The highest BCUT2D eigenvalue weighted by atomic mass is 35.5. The van der Waals surface area contributed by atoms with E-state index < -0.39 is 0 Å². The van der Waals surface area contributed by atoms with Crippen molar-refractivity contribution in [3.05, 3.63) is 58.4 Å². The van der Waals surface area contributed by atoms with Gasteiger partial charge < -0.3 is 10.1 Å². The minimum Gasteiger partial charge on any atom is -0.375 e. The molecule has 1 atom stereocenters. The van der Waals surface area contributed by atoms with Gasteiger partial charge in [0.05, 0.1) is 12.7 Å². The van der Waals surface area contributed by atoms with Gasteiger partial charge in [-0.2, -0.15) is 0 Å². The molecule has 1 aliphatic heterocycles. The van der Waals surface area contributed by atoms with Crippen molar-refractivity contribution in [2.24, 2.45) is 0 Å². The van der Waals surface area contributed by atoms with Crippen molar-refractivity contribution in [1.29, 1.82) is 0 Å². The number of aryl methyl sites for hydroxylation is 1. The predicted molar refractivity (Wildman–Crippen MR) is 87.9 cm³/mol.